The molecule has 1 aromatic rings. The van der Waals surface area contributed by atoms with Gasteiger partial charge in [0.1, 0.15) is 0 Å². The van der Waals surface area contributed by atoms with Crippen LogP contribution in [0.3, 0.4) is 0 Å². The van der Waals surface area contributed by atoms with Crippen LogP contribution in [0.2, 0.25) is 0 Å². The van der Waals surface area contributed by atoms with Crippen molar-refractivity contribution in [3.05, 3.63) is 23.8 Å². The maximum Gasteiger partial charge on any atom is 0.161 e. The standard InChI is InChI=1S/C15H23NO2.ClH/c1-12-6-7-14(15(11-12)17-2)18-10-8-13-5-3-4-9-16-13;/h6-7,11,13,16H,3-5,8-10H2,1-2H3;1H. The van der Waals surface area contributed by atoms with E-state index >= 15 is 0 Å². The minimum Gasteiger partial charge on any atom is -0.493 e. The normalized spacial score (nSPS) is 18.5. The van der Waals surface area contributed by atoms with Crippen LogP contribution >= 0.6 is 12.4 Å². The lowest BCUT2D eigenvalue weighted by Gasteiger charge is -2.23. The highest BCUT2D eigenvalue weighted by Gasteiger charge is 2.12. The van der Waals surface area contributed by atoms with E-state index in [-0.39, 0.29) is 12.4 Å². The molecule has 108 valence electrons. The van der Waals surface area contributed by atoms with E-state index in [0.29, 0.717) is 6.04 Å². The van der Waals surface area contributed by atoms with E-state index in [1.54, 1.807) is 7.11 Å². The predicted octanol–water partition coefficient (Wildman–Crippen LogP) is 3.34. The zero-order chi connectivity index (χ0) is 12.8. The Morgan fingerprint density at radius 2 is 2.11 bits per heavy atom. The molecule has 0 saturated carbocycles. The van der Waals surface area contributed by atoms with Gasteiger partial charge in [0.2, 0.25) is 0 Å². The summed E-state index contributed by atoms with van der Waals surface area (Å²) >= 11 is 0. The van der Waals surface area contributed by atoms with Crippen LogP contribution in [0.4, 0.5) is 0 Å². The lowest BCUT2D eigenvalue weighted by atomic mass is 10.0. The van der Waals surface area contributed by atoms with E-state index in [1.165, 1.54) is 24.8 Å². The molecule has 1 fully saturated rings. The smallest absolute Gasteiger partial charge is 0.161 e. The van der Waals surface area contributed by atoms with E-state index in [0.717, 1.165) is 31.1 Å². The molecule has 1 unspecified atom stereocenters. The maximum atomic E-state index is 5.82. The lowest BCUT2D eigenvalue weighted by Crippen LogP contribution is -2.35. The molecule has 4 heteroatoms. The first-order valence-corrected chi connectivity index (χ1v) is 6.80. The molecule has 0 spiro atoms. The first-order chi connectivity index (χ1) is 8.79. The number of piperidine rings is 1. The van der Waals surface area contributed by atoms with Gasteiger partial charge in [-0.15, -0.1) is 12.4 Å². The Morgan fingerprint density at radius 1 is 1.26 bits per heavy atom. The summed E-state index contributed by atoms with van der Waals surface area (Å²) in [6, 6.07) is 6.67. The van der Waals surface area contributed by atoms with Gasteiger partial charge in [0.25, 0.3) is 0 Å². The molecule has 1 aliphatic rings. The summed E-state index contributed by atoms with van der Waals surface area (Å²) < 4.78 is 11.1. The molecule has 0 bridgehead atoms. The average Bonchev–Trinajstić information content (AvgIpc) is 2.41. The van der Waals surface area contributed by atoms with Gasteiger partial charge < -0.3 is 14.8 Å². The van der Waals surface area contributed by atoms with E-state index < -0.39 is 0 Å². The maximum absolute atomic E-state index is 5.82. The number of hydrogen-bond donors (Lipinski definition) is 1. The lowest BCUT2D eigenvalue weighted by molar-refractivity contribution is 0.257. The Hall–Kier alpha value is -0.930. The second-order valence-corrected chi connectivity index (χ2v) is 4.94. The fourth-order valence-corrected chi connectivity index (χ4v) is 2.38. The number of halogens is 1. The summed E-state index contributed by atoms with van der Waals surface area (Å²) in [5, 5.41) is 3.53. The van der Waals surface area contributed by atoms with Crippen molar-refractivity contribution in [2.24, 2.45) is 0 Å². The Balaban J connectivity index is 0.00000180. The van der Waals surface area contributed by atoms with Crippen molar-refractivity contribution < 1.29 is 9.47 Å². The molecule has 0 radical (unpaired) electrons. The molecule has 19 heavy (non-hydrogen) atoms. The topological polar surface area (TPSA) is 30.5 Å². The van der Waals surface area contributed by atoms with Crippen LogP contribution < -0.4 is 14.8 Å². The summed E-state index contributed by atoms with van der Waals surface area (Å²) in [4.78, 5) is 0. The monoisotopic (exact) mass is 285 g/mol. The number of methoxy groups -OCH3 is 1. The summed E-state index contributed by atoms with van der Waals surface area (Å²) in [5.74, 6) is 1.67. The van der Waals surface area contributed by atoms with Crippen molar-refractivity contribution in [2.75, 3.05) is 20.3 Å². The van der Waals surface area contributed by atoms with E-state index in [9.17, 15) is 0 Å². The summed E-state index contributed by atoms with van der Waals surface area (Å²) in [5.41, 5.74) is 1.19. The van der Waals surface area contributed by atoms with Gasteiger partial charge in [-0.25, -0.2) is 0 Å². The van der Waals surface area contributed by atoms with Crippen LogP contribution in [0.15, 0.2) is 18.2 Å². The molecule has 1 heterocycles. The first-order valence-electron chi connectivity index (χ1n) is 6.80. The third-order valence-electron chi connectivity index (χ3n) is 3.46. The molecular formula is C15H24ClNO2. The van der Waals surface area contributed by atoms with E-state index in [4.69, 9.17) is 9.47 Å². The SMILES string of the molecule is COc1cc(C)ccc1OCCC1CCCCN1.Cl. The zero-order valence-electron chi connectivity index (χ0n) is 11.8. The van der Waals surface area contributed by atoms with Crippen molar-refractivity contribution in [2.45, 2.75) is 38.6 Å². The Labute approximate surface area is 122 Å². The third kappa shape index (κ3) is 4.92. The van der Waals surface area contributed by atoms with Crippen LogP contribution in [-0.2, 0) is 0 Å². The van der Waals surface area contributed by atoms with Crippen LogP contribution in [0.1, 0.15) is 31.2 Å². The third-order valence-corrected chi connectivity index (χ3v) is 3.46. The molecule has 1 saturated heterocycles. The van der Waals surface area contributed by atoms with Gasteiger partial charge in [-0.1, -0.05) is 12.5 Å². The Morgan fingerprint density at radius 3 is 2.79 bits per heavy atom. The van der Waals surface area contributed by atoms with Crippen molar-refractivity contribution in [1.29, 1.82) is 0 Å². The van der Waals surface area contributed by atoms with Gasteiger partial charge in [-0.3, -0.25) is 0 Å². The van der Waals surface area contributed by atoms with Crippen LogP contribution in [-0.4, -0.2) is 26.3 Å². The van der Waals surface area contributed by atoms with E-state index in [2.05, 4.69) is 18.3 Å². The highest BCUT2D eigenvalue weighted by atomic mass is 35.5. The zero-order valence-corrected chi connectivity index (χ0v) is 12.6. The van der Waals surface area contributed by atoms with Crippen molar-refractivity contribution in [3.8, 4) is 11.5 Å². The Kier molecular flexibility index (Phi) is 7.03. The molecular weight excluding hydrogens is 262 g/mol. The first kappa shape index (κ1) is 16.1. The van der Waals surface area contributed by atoms with Gasteiger partial charge in [0.05, 0.1) is 13.7 Å². The summed E-state index contributed by atoms with van der Waals surface area (Å²) in [7, 11) is 1.68. The summed E-state index contributed by atoms with van der Waals surface area (Å²) in [6.07, 6.45) is 4.99. The molecule has 1 N–H and O–H groups in total. The number of benzene rings is 1. The summed E-state index contributed by atoms with van der Waals surface area (Å²) in [6.45, 7) is 3.95. The molecule has 3 nitrogen and oxygen atoms in total. The van der Waals surface area contributed by atoms with Crippen molar-refractivity contribution in [3.63, 3.8) is 0 Å². The molecule has 2 rings (SSSR count). The molecule has 1 atom stereocenters. The molecule has 1 aliphatic heterocycles. The quantitative estimate of drug-likeness (QED) is 0.900. The molecule has 0 aliphatic carbocycles. The number of ether oxygens (including phenoxy) is 2. The number of hydrogen-bond acceptors (Lipinski definition) is 3. The average molecular weight is 286 g/mol. The molecule has 1 aromatic carbocycles. The van der Waals surface area contributed by atoms with Crippen LogP contribution in [0, 0.1) is 6.92 Å². The second-order valence-electron chi connectivity index (χ2n) is 4.94. The van der Waals surface area contributed by atoms with Crippen molar-refractivity contribution >= 4 is 12.4 Å². The number of aryl methyl sites for hydroxylation is 1. The molecule has 0 amide bonds. The van der Waals surface area contributed by atoms with Gasteiger partial charge in [-0.05, 0) is 50.4 Å². The van der Waals surface area contributed by atoms with Crippen LogP contribution in [0.5, 0.6) is 11.5 Å². The minimum atomic E-state index is 0. The number of nitrogens with one attached hydrogen (secondary N) is 1. The van der Waals surface area contributed by atoms with Crippen molar-refractivity contribution in [1.82, 2.24) is 5.32 Å². The second kappa shape index (κ2) is 8.28. The minimum absolute atomic E-state index is 0. The van der Waals surface area contributed by atoms with E-state index in [1.807, 2.05) is 12.1 Å². The van der Waals surface area contributed by atoms with Gasteiger partial charge in [-0.2, -0.15) is 0 Å². The van der Waals surface area contributed by atoms with Crippen LogP contribution in [0.25, 0.3) is 0 Å². The number of rotatable bonds is 5. The van der Waals surface area contributed by atoms with Gasteiger partial charge in [0.15, 0.2) is 11.5 Å². The van der Waals surface area contributed by atoms with Gasteiger partial charge >= 0.3 is 0 Å². The van der Waals surface area contributed by atoms with Gasteiger partial charge in [0, 0.05) is 6.04 Å². The predicted molar refractivity (Wildman–Crippen MR) is 80.7 cm³/mol. The molecule has 0 aromatic heterocycles. The largest absolute Gasteiger partial charge is 0.493 e. The Bertz CT molecular complexity index is 378. The highest BCUT2D eigenvalue weighted by Crippen LogP contribution is 2.28. The fraction of sp³-hybridized carbons (Fsp3) is 0.600. The highest BCUT2D eigenvalue weighted by molar-refractivity contribution is 5.85. The fourth-order valence-electron chi connectivity index (χ4n) is 2.38.